The van der Waals surface area contributed by atoms with Crippen molar-refractivity contribution in [1.82, 2.24) is 0 Å². The van der Waals surface area contributed by atoms with Crippen molar-refractivity contribution in [2.75, 3.05) is 0 Å². The minimum Gasteiger partial charge on any atom is -0.422 e. The Balaban J connectivity index is 1.84. The van der Waals surface area contributed by atoms with Crippen LogP contribution >= 0.6 is 22.5 Å². The van der Waals surface area contributed by atoms with Crippen LogP contribution in [0, 0.1) is 0 Å². The number of benzene rings is 3. The van der Waals surface area contributed by atoms with Gasteiger partial charge in [-0.3, -0.25) is 0 Å². The van der Waals surface area contributed by atoms with Crippen molar-refractivity contribution in [3.05, 3.63) is 91.0 Å². The van der Waals surface area contributed by atoms with Gasteiger partial charge in [-0.15, -0.1) is 0 Å². The van der Waals surface area contributed by atoms with Gasteiger partial charge < -0.3 is 18.5 Å². The summed E-state index contributed by atoms with van der Waals surface area (Å²) < 4.78 is 42.1. The summed E-state index contributed by atoms with van der Waals surface area (Å²) in [6.07, 6.45) is 0. The first-order chi connectivity index (χ1) is 12.9. The maximum atomic E-state index is 13.3. The lowest BCUT2D eigenvalue weighted by atomic mass is 10.3. The maximum Gasteiger partial charge on any atom is 0.459 e. The summed E-state index contributed by atoms with van der Waals surface area (Å²) in [6.45, 7) is 0. The van der Waals surface area contributed by atoms with Crippen LogP contribution in [0.5, 0.6) is 17.2 Å². The highest BCUT2D eigenvalue weighted by atomic mass is 32.5. The molecule has 0 fully saturated rings. The average molecular weight is 422 g/mol. The summed E-state index contributed by atoms with van der Waals surface area (Å²) in [6, 6.07) is 24.8. The van der Waals surface area contributed by atoms with Crippen molar-refractivity contribution in [3.63, 3.8) is 0 Å². The van der Waals surface area contributed by atoms with E-state index in [1.54, 1.807) is 78.9 Å². The fourth-order valence-corrected chi connectivity index (χ4v) is 9.91. The number of hydrogen-bond donors (Lipinski definition) is 1. The number of hydrogen-bond acceptors (Lipinski definition) is 5. The van der Waals surface area contributed by atoms with Crippen molar-refractivity contribution in [3.8, 4) is 17.2 Å². The van der Waals surface area contributed by atoms with Crippen LogP contribution < -0.4 is 13.6 Å². The molecule has 0 aromatic heterocycles. The van der Waals surface area contributed by atoms with Gasteiger partial charge in [0, 0.05) is 0 Å². The summed E-state index contributed by atoms with van der Waals surface area (Å²) in [7, 11) is -9.45. The molecule has 0 aliphatic rings. The molecule has 0 heterocycles. The van der Waals surface area contributed by atoms with E-state index >= 15 is 0 Å². The van der Waals surface area contributed by atoms with E-state index in [4.69, 9.17) is 13.6 Å². The molecule has 3 aromatic carbocycles. The minimum atomic E-state index is -4.30. The lowest BCUT2D eigenvalue weighted by molar-refractivity contribution is 0.398. The topological polar surface area (TPSA) is 82.1 Å². The molecule has 9 heteroatoms. The largest absolute Gasteiger partial charge is 0.459 e. The van der Waals surface area contributed by atoms with Gasteiger partial charge in [-0.1, -0.05) is 54.6 Å². The smallest absolute Gasteiger partial charge is 0.422 e. The summed E-state index contributed by atoms with van der Waals surface area (Å²) in [5.74, 6) is 0.731. The Morgan fingerprint density at radius 1 is 0.593 bits per heavy atom. The Labute approximate surface area is 158 Å². The zero-order valence-corrected chi connectivity index (χ0v) is 16.8. The summed E-state index contributed by atoms with van der Waals surface area (Å²) in [4.78, 5) is 10.3. The normalized spacial score (nSPS) is 13.8. The van der Waals surface area contributed by atoms with Gasteiger partial charge in [0.1, 0.15) is 17.2 Å². The Hall–Kier alpha value is -2.09. The van der Waals surface area contributed by atoms with E-state index < -0.39 is 22.5 Å². The molecule has 0 spiro atoms. The third-order valence-corrected chi connectivity index (χ3v) is 11.8. The molecule has 140 valence electrons. The summed E-state index contributed by atoms with van der Waals surface area (Å²) >= 11 is 0. The molecule has 0 saturated heterocycles. The van der Waals surface area contributed by atoms with Gasteiger partial charge in [0.2, 0.25) is 0 Å². The van der Waals surface area contributed by atoms with Crippen LogP contribution in [0.4, 0.5) is 0 Å². The first kappa shape index (κ1) is 19.7. The second-order valence-electron chi connectivity index (χ2n) is 5.33. The van der Waals surface area contributed by atoms with Gasteiger partial charge in [0.25, 0.3) is 0 Å². The van der Waals surface area contributed by atoms with Crippen molar-refractivity contribution in [2.24, 2.45) is 0 Å². The Kier molecular flexibility index (Phi) is 6.36. The van der Waals surface area contributed by atoms with Crippen molar-refractivity contribution in [2.45, 2.75) is 0 Å². The molecule has 3 rings (SSSR count). The summed E-state index contributed by atoms with van der Waals surface area (Å²) in [5, 5.41) is 0. The van der Waals surface area contributed by atoms with E-state index in [0.29, 0.717) is 0 Å². The van der Waals surface area contributed by atoms with Gasteiger partial charge in [0.15, 0.2) is 7.96 Å². The zero-order chi connectivity index (χ0) is 19.2. The molecule has 3 aromatic rings. The molecular formula is C18H17O6P3. The molecule has 0 radical (unpaired) electrons. The van der Waals surface area contributed by atoms with Crippen molar-refractivity contribution >= 4 is 22.5 Å². The van der Waals surface area contributed by atoms with Crippen LogP contribution in [0.1, 0.15) is 0 Å². The molecule has 0 bridgehead atoms. The molecule has 1 N–H and O–H groups in total. The Morgan fingerprint density at radius 3 is 1.30 bits per heavy atom. The van der Waals surface area contributed by atoms with E-state index in [2.05, 4.69) is 0 Å². The molecule has 0 saturated carbocycles. The van der Waals surface area contributed by atoms with E-state index in [-0.39, 0.29) is 17.2 Å². The lowest BCUT2D eigenvalue weighted by Crippen LogP contribution is -1.98. The molecule has 27 heavy (non-hydrogen) atoms. The third-order valence-electron chi connectivity index (χ3n) is 3.16. The van der Waals surface area contributed by atoms with Gasteiger partial charge >= 0.3 is 14.6 Å². The van der Waals surface area contributed by atoms with E-state index in [1.165, 1.54) is 12.1 Å². The van der Waals surface area contributed by atoms with Gasteiger partial charge in [-0.2, -0.15) is 0 Å². The van der Waals surface area contributed by atoms with Gasteiger partial charge in [0.05, 0.1) is 0 Å². The van der Waals surface area contributed by atoms with Crippen LogP contribution in [0.25, 0.3) is 0 Å². The van der Waals surface area contributed by atoms with Crippen LogP contribution in [0.3, 0.4) is 0 Å². The predicted octanol–water partition coefficient (Wildman–Crippen LogP) is 6.11. The molecule has 2 unspecified atom stereocenters. The van der Waals surface area contributed by atoms with E-state index in [1.807, 2.05) is 0 Å². The fourth-order valence-electron chi connectivity index (χ4n) is 2.10. The van der Waals surface area contributed by atoms with Crippen LogP contribution in [0.15, 0.2) is 91.0 Å². The van der Waals surface area contributed by atoms with Crippen molar-refractivity contribution in [1.29, 1.82) is 0 Å². The Bertz CT molecular complexity index is 905. The molecule has 2 atom stereocenters. The fraction of sp³-hybridized carbons (Fsp3) is 0. The highest BCUT2D eigenvalue weighted by Gasteiger charge is 2.40. The highest BCUT2D eigenvalue weighted by Crippen LogP contribution is 2.81. The molecular weight excluding hydrogens is 405 g/mol. The highest BCUT2D eigenvalue weighted by molar-refractivity contribution is 8.52. The summed E-state index contributed by atoms with van der Waals surface area (Å²) in [5.41, 5.74) is 0. The Morgan fingerprint density at radius 2 is 0.926 bits per heavy atom. The van der Waals surface area contributed by atoms with Crippen molar-refractivity contribution < 1.29 is 27.6 Å². The standard InChI is InChI=1S/C18H17O6P3/c19-26(20,22-16-10-4-1-5-11-16)25-27(21,23-17-12-6-2-7-13-17)24-18-14-8-3-9-15-18/h1-15,25H,(H,19,20). The SMILES string of the molecule is O=P(O)(Oc1ccccc1)PP(=O)(Oc1ccccc1)Oc1ccccc1. The molecule has 0 aliphatic heterocycles. The molecule has 6 nitrogen and oxygen atoms in total. The van der Waals surface area contributed by atoms with Crippen LogP contribution in [0.2, 0.25) is 0 Å². The molecule has 0 amide bonds. The molecule has 0 aliphatic carbocycles. The minimum absolute atomic E-state index is 0.196. The second kappa shape index (κ2) is 8.73. The van der Waals surface area contributed by atoms with Gasteiger partial charge in [-0.25, -0.2) is 9.13 Å². The van der Waals surface area contributed by atoms with Crippen LogP contribution in [-0.2, 0) is 9.13 Å². The maximum absolute atomic E-state index is 13.3. The van der Waals surface area contributed by atoms with Gasteiger partial charge in [-0.05, 0) is 36.4 Å². The monoisotopic (exact) mass is 422 g/mol. The van der Waals surface area contributed by atoms with E-state index in [9.17, 15) is 14.0 Å². The zero-order valence-electron chi connectivity index (χ0n) is 14.0. The predicted molar refractivity (Wildman–Crippen MR) is 107 cm³/mol. The third kappa shape index (κ3) is 6.23. The van der Waals surface area contributed by atoms with Crippen LogP contribution in [-0.4, -0.2) is 4.89 Å². The lowest BCUT2D eigenvalue weighted by Gasteiger charge is -2.22. The quantitative estimate of drug-likeness (QED) is 0.441. The average Bonchev–Trinajstić information content (AvgIpc) is 2.63. The van der Waals surface area contributed by atoms with E-state index in [0.717, 1.165) is 0 Å². The first-order valence-electron chi connectivity index (χ1n) is 7.90. The first-order valence-corrected chi connectivity index (χ1v) is 13.7. The number of para-hydroxylation sites is 3. The number of rotatable bonds is 8. The second-order valence-corrected chi connectivity index (χ2v) is 13.9.